The molecular formula is C15H25NO2. The molecule has 0 spiro atoms. The van der Waals surface area contributed by atoms with Crippen LogP contribution in [0.5, 0.6) is 11.5 Å². The number of nitrogens with one attached hydrogen (secondary N) is 1. The Balaban J connectivity index is 2.82. The van der Waals surface area contributed by atoms with Crippen molar-refractivity contribution in [1.29, 1.82) is 0 Å². The molecule has 0 saturated heterocycles. The Labute approximate surface area is 110 Å². The molecule has 3 heteroatoms. The van der Waals surface area contributed by atoms with E-state index in [1.807, 2.05) is 19.2 Å². The maximum Gasteiger partial charge on any atom is 0.123 e. The van der Waals surface area contributed by atoms with Gasteiger partial charge in [0.25, 0.3) is 0 Å². The summed E-state index contributed by atoms with van der Waals surface area (Å²) < 4.78 is 11.2. The number of hydrogen-bond acceptors (Lipinski definition) is 3. The van der Waals surface area contributed by atoms with Gasteiger partial charge >= 0.3 is 0 Å². The molecule has 0 amide bonds. The van der Waals surface area contributed by atoms with Gasteiger partial charge in [-0.1, -0.05) is 20.8 Å². The van der Waals surface area contributed by atoms with E-state index in [2.05, 4.69) is 32.2 Å². The SMILES string of the molecule is CNCCCOc1ccc(OC)cc1C(C)(C)C. The van der Waals surface area contributed by atoms with Crippen LogP contribution < -0.4 is 14.8 Å². The van der Waals surface area contributed by atoms with E-state index in [4.69, 9.17) is 9.47 Å². The molecular weight excluding hydrogens is 226 g/mol. The zero-order chi connectivity index (χ0) is 13.6. The number of methoxy groups -OCH3 is 1. The molecule has 0 atom stereocenters. The van der Waals surface area contributed by atoms with Gasteiger partial charge in [-0.05, 0) is 43.6 Å². The van der Waals surface area contributed by atoms with Crippen LogP contribution >= 0.6 is 0 Å². The van der Waals surface area contributed by atoms with Crippen molar-refractivity contribution in [3.8, 4) is 11.5 Å². The highest BCUT2D eigenvalue weighted by atomic mass is 16.5. The minimum Gasteiger partial charge on any atom is -0.497 e. The number of hydrogen-bond donors (Lipinski definition) is 1. The first-order valence-corrected chi connectivity index (χ1v) is 6.45. The summed E-state index contributed by atoms with van der Waals surface area (Å²) >= 11 is 0. The van der Waals surface area contributed by atoms with Gasteiger partial charge in [-0.15, -0.1) is 0 Å². The van der Waals surface area contributed by atoms with E-state index in [-0.39, 0.29) is 5.41 Å². The Bertz CT molecular complexity index is 369. The fourth-order valence-corrected chi connectivity index (χ4v) is 1.78. The molecule has 0 fully saturated rings. The van der Waals surface area contributed by atoms with Crippen LogP contribution in [-0.4, -0.2) is 27.3 Å². The summed E-state index contributed by atoms with van der Waals surface area (Å²) in [5, 5.41) is 3.12. The normalized spacial score (nSPS) is 11.4. The lowest BCUT2D eigenvalue weighted by Gasteiger charge is -2.23. The van der Waals surface area contributed by atoms with Crippen molar-refractivity contribution in [3.05, 3.63) is 23.8 Å². The van der Waals surface area contributed by atoms with Crippen molar-refractivity contribution in [2.24, 2.45) is 0 Å². The van der Waals surface area contributed by atoms with E-state index < -0.39 is 0 Å². The highest BCUT2D eigenvalue weighted by Gasteiger charge is 2.19. The van der Waals surface area contributed by atoms with Gasteiger partial charge < -0.3 is 14.8 Å². The third kappa shape index (κ3) is 4.22. The van der Waals surface area contributed by atoms with E-state index in [1.54, 1.807) is 7.11 Å². The monoisotopic (exact) mass is 251 g/mol. The lowest BCUT2D eigenvalue weighted by molar-refractivity contribution is 0.300. The Morgan fingerprint density at radius 2 is 1.94 bits per heavy atom. The first-order chi connectivity index (χ1) is 8.49. The molecule has 1 N–H and O–H groups in total. The van der Waals surface area contributed by atoms with Gasteiger partial charge in [-0.2, -0.15) is 0 Å². The number of rotatable bonds is 6. The number of ether oxygens (including phenoxy) is 2. The lowest BCUT2D eigenvalue weighted by Crippen LogP contribution is -2.16. The first kappa shape index (κ1) is 14.8. The van der Waals surface area contributed by atoms with Crippen molar-refractivity contribution in [2.75, 3.05) is 27.3 Å². The predicted molar refractivity (Wildman–Crippen MR) is 75.7 cm³/mol. The Hall–Kier alpha value is -1.22. The molecule has 1 aromatic carbocycles. The molecule has 0 saturated carbocycles. The summed E-state index contributed by atoms with van der Waals surface area (Å²) in [5.74, 6) is 1.84. The van der Waals surface area contributed by atoms with Crippen molar-refractivity contribution >= 4 is 0 Å². The second-order valence-electron chi connectivity index (χ2n) is 5.42. The Morgan fingerprint density at radius 1 is 1.22 bits per heavy atom. The van der Waals surface area contributed by atoms with Crippen LogP contribution in [0.3, 0.4) is 0 Å². The summed E-state index contributed by atoms with van der Waals surface area (Å²) in [6, 6.07) is 6.01. The molecule has 0 aliphatic rings. The first-order valence-electron chi connectivity index (χ1n) is 6.45. The Kier molecular flexibility index (Phi) is 5.48. The summed E-state index contributed by atoms with van der Waals surface area (Å²) in [4.78, 5) is 0. The summed E-state index contributed by atoms with van der Waals surface area (Å²) in [5.41, 5.74) is 1.23. The maximum absolute atomic E-state index is 5.87. The largest absolute Gasteiger partial charge is 0.497 e. The van der Waals surface area contributed by atoms with Gasteiger partial charge in [0, 0.05) is 5.56 Å². The van der Waals surface area contributed by atoms with E-state index in [0.29, 0.717) is 0 Å². The molecule has 0 bridgehead atoms. The summed E-state index contributed by atoms with van der Waals surface area (Å²) in [6.07, 6.45) is 1.01. The second-order valence-corrected chi connectivity index (χ2v) is 5.42. The van der Waals surface area contributed by atoms with Gasteiger partial charge in [0.05, 0.1) is 13.7 Å². The van der Waals surface area contributed by atoms with Crippen LogP contribution in [0.25, 0.3) is 0 Å². The molecule has 1 aromatic rings. The third-order valence-corrected chi connectivity index (χ3v) is 2.82. The minimum absolute atomic E-state index is 0.0485. The van der Waals surface area contributed by atoms with Crippen LogP contribution in [0.15, 0.2) is 18.2 Å². The molecule has 0 heterocycles. The van der Waals surface area contributed by atoms with Crippen LogP contribution in [-0.2, 0) is 5.41 Å². The lowest BCUT2D eigenvalue weighted by atomic mass is 9.86. The molecule has 18 heavy (non-hydrogen) atoms. The highest BCUT2D eigenvalue weighted by Crippen LogP contribution is 2.34. The zero-order valence-corrected chi connectivity index (χ0v) is 12.2. The number of benzene rings is 1. The zero-order valence-electron chi connectivity index (χ0n) is 12.2. The fraction of sp³-hybridized carbons (Fsp3) is 0.600. The average Bonchev–Trinajstić information content (AvgIpc) is 2.33. The van der Waals surface area contributed by atoms with E-state index in [9.17, 15) is 0 Å². The molecule has 0 unspecified atom stereocenters. The van der Waals surface area contributed by atoms with Crippen molar-refractivity contribution in [3.63, 3.8) is 0 Å². The average molecular weight is 251 g/mol. The third-order valence-electron chi connectivity index (χ3n) is 2.82. The molecule has 0 aliphatic carbocycles. The summed E-state index contributed by atoms with van der Waals surface area (Å²) in [6.45, 7) is 8.25. The van der Waals surface area contributed by atoms with E-state index in [1.165, 1.54) is 5.56 Å². The smallest absolute Gasteiger partial charge is 0.123 e. The van der Waals surface area contributed by atoms with Crippen molar-refractivity contribution < 1.29 is 9.47 Å². The molecule has 1 rings (SSSR count). The van der Waals surface area contributed by atoms with Gasteiger partial charge in [0.1, 0.15) is 11.5 Å². The second kappa shape index (κ2) is 6.64. The molecule has 0 aromatic heterocycles. The molecule has 102 valence electrons. The van der Waals surface area contributed by atoms with Gasteiger partial charge in [0.15, 0.2) is 0 Å². The highest BCUT2D eigenvalue weighted by molar-refractivity contribution is 5.44. The van der Waals surface area contributed by atoms with Crippen LogP contribution in [0, 0.1) is 0 Å². The van der Waals surface area contributed by atoms with Crippen molar-refractivity contribution in [1.82, 2.24) is 5.32 Å². The van der Waals surface area contributed by atoms with Gasteiger partial charge in [0.2, 0.25) is 0 Å². The topological polar surface area (TPSA) is 30.5 Å². The Morgan fingerprint density at radius 3 is 2.50 bits per heavy atom. The van der Waals surface area contributed by atoms with Gasteiger partial charge in [-0.25, -0.2) is 0 Å². The summed E-state index contributed by atoms with van der Waals surface area (Å²) in [7, 11) is 3.64. The van der Waals surface area contributed by atoms with Crippen LogP contribution in [0.2, 0.25) is 0 Å². The van der Waals surface area contributed by atoms with Crippen molar-refractivity contribution in [2.45, 2.75) is 32.6 Å². The molecule has 3 nitrogen and oxygen atoms in total. The van der Waals surface area contributed by atoms with Crippen LogP contribution in [0.1, 0.15) is 32.8 Å². The predicted octanol–water partition coefficient (Wildman–Crippen LogP) is 2.98. The van der Waals surface area contributed by atoms with Crippen LogP contribution in [0.4, 0.5) is 0 Å². The molecule has 0 radical (unpaired) electrons. The fourth-order valence-electron chi connectivity index (χ4n) is 1.78. The standard InChI is InChI=1S/C15H25NO2/c1-15(2,3)13-11-12(17-5)7-8-14(13)18-10-6-9-16-4/h7-8,11,16H,6,9-10H2,1-5H3. The quantitative estimate of drug-likeness (QED) is 0.788. The maximum atomic E-state index is 5.87. The van der Waals surface area contributed by atoms with E-state index >= 15 is 0 Å². The van der Waals surface area contributed by atoms with E-state index in [0.717, 1.165) is 31.1 Å². The van der Waals surface area contributed by atoms with Gasteiger partial charge in [-0.3, -0.25) is 0 Å². The minimum atomic E-state index is 0.0485. The molecule has 0 aliphatic heterocycles.